The number of ether oxygens (including phenoxy) is 1. The molecule has 0 bridgehead atoms. The number of aromatic carboxylic acids is 1. The maximum Gasteiger partial charge on any atom is 0.335 e. The van der Waals surface area contributed by atoms with Gasteiger partial charge in [0, 0.05) is 24.3 Å². The minimum absolute atomic E-state index is 0.234. The summed E-state index contributed by atoms with van der Waals surface area (Å²) in [5, 5.41) is 8.77. The van der Waals surface area contributed by atoms with Crippen molar-refractivity contribution in [3.8, 4) is 23.7 Å². The van der Waals surface area contributed by atoms with E-state index in [2.05, 4.69) is 23.7 Å². The summed E-state index contributed by atoms with van der Waals surface area (Å²) in [6, 6.07) is 6.32. The normalized spacial score (nSPS) is 18.5. The second-order valence-corrected chi connectivity index (χ2v) is 4.81. The molecule has 1 aliphatic rings. The first-order valence-electron chi connectivity index (χ1n) is 6.54. The van der Waals surface area contributed by atoms with E-state index in [0.29, 0.717) is 12.5 Å². The van der Waals surface area contributed by atoms with Crippen LogP contribution < -0.4 is 0 Å². The van der Waals surface area contributed by atoms with Crippen LogP contribution in [-0.4, -0.2) is 23.7 Å². The summed E-state index contributed by atoms with van der Waals surface area (Å²) in [6.45, 7) is 1.82. The zero-order valence-electron chi connectivity index (χ0n) is 11.6. The summed E-state index contributed by atoms with van der Waals surface area (Å²) in [5.74, 6) is 10.8. The molecule has 1 aliphatic carbocycles. The van der Waals surface area contributed by atoms with Crippen LogP contribution in [0.25, 0.3) is 0 Å². The van der Waals surface area contributed by atoms with Gasteiger partial charge in [0.15, 0.2) is 0 Å². The molecule has 1 fully saturated rings. The van der Waals surface area contributed by atoms with Gasteiger partial charge in [0.2, 0.25) is 0 Å². The molecule has 2 atom stereocenters. The van der Waals surface area contributed by atoms with E-state index < -0.39 is 5.97 Å². The summed E-state index contributed by atoms with van der Waals surface area (Å²) in [4.78, 5) is 21.3. The average Bonchev–Trinajstić information content (AvgIpc) is 3.20. The Kier molecular flexibility index (Phi) is 4.64. The molecule has 1 aromatic carbocycles. The third-order valence-electron chi connectivity index (χ3n) is 3.08. The van der Waals surface area contributed by atoms with Crippen LogP contribution in [0.4, 0.5) is 0 Å². The SMILES string of the molecule is CC(=O)OC[C@@H]1CC1C#CC#Cc1ccc(C(=O)O)cc1. The molecule has 0 radical (unpaired) electrons. The number of carboxylic acid groups (broad SMARTS) is 1. The van der Waals surface area contributed by atoms with Crippen molar-refractivity contribution in [1.82, 2.24) is 0 Å². The Hall–Kier alpha value is -2.72. The minimum atomic E-state index is -0.957. The lowest BCUT2D eigenvalue weighted by molar-refractivity contribution is -0.141. The van der Waals surface area contributed by atoms with Crippen LogP contribution in [0, 0.1) is 35.5 Å². The highest BCUT2D eigenvalue weighted by molar-refractivity contribution is 5.87. The highest BCUT2D eigenvalue weighted by atomic mass is 16.5. The van der Waals surface area contributed by atoms with Gasteiger partial charge in [0.1, 0.15) is 0 Å². The molecule has 106 valence electrons. The van der Waals surface area contributed by atoms with Crippen LogP contribution >= 0.6 is 0 Å². The number of benzene rings is 1. The van der Waals surface area contributed by atoms with E-state index in [-0.39, 0.29) is 17.5 Å². The average molecular weight is 282 g/mol. The molecule has 1 aromatic rings. The molecule has 2 rings (SSSR count). The number of esters is 1. The van der Waals surface area contributed by atoms with E-state index in [1.807, 2.05) is 0 Å². The van der Waals surface area contributed by atoms with E-state index in [0.717, 1.165) is 12.0 Å². The molecule has 1 N–H and O–H groups in total. The number of carboxylic acids is 1. The van der Waals surface area contributed by atoms with Crippen molar-refractivity contribution in [3.05, 3.63) is 35.4 Å². The number of carbonyl (C=O) groups is 2. The number of rotatable bonds is 3. The Bertz CT molecular complexity index is 665. The van der Waals surface area contributed by atoms with E-state index in [4.69, 9.17) is 9.84 Å². The molecule has 21 heavy (non-hydrogen) atoms. The monoisotopic (exact) mass is 282 g/mol. The predicted molar refractivity (Wildman–Crippen MR) is 76.3 cm³/mol. The molecule has 0 spiro atoms. The first-order chi connectivity index (χ1) is 10.1. The van der Waals surface area contributed by atoms with Gasteiger partial charge in [-0.1, -0.05) is 11.8 Å². The van der Waals surface area contributed by atoms with Crippen molar-refractivity contribution in [2.45, 2.75) is 13.3 Å². The molecular weight excluding hydrogens is 268 g/mol. The quantitative estimate of drug-likeness (QED) is 0.679. The van der Waals surface area contributed by atoms with E-state index >= 15 is 0 Å². The van der Waals surface area contributed by atoms with Gasteiger partial charge >= 0.3 is 11.9 Å². The van der Waals surface area contributed by atoms with Crippen molar-refractivity contribution in [1.29, 1.82) is 0 Å². The highest BCUT2D eigenvalue weighted by Gasteiger charge is 2.36. The van der Waals surface area contributed by atoms with Crippen molar-refractivity contribution in [2.24, 2.45) is 11.8 Å². The van der Waals surface area contributed by atoms with Gasteiger partial charge in [-0.25, -0.2) is 4.79 Å². The standard InChI is InChI=1S/C17H14O4/c1-12(18)21-11-16-10-15(16)5-3-2-4-13-6-8-14(9-7-13)17(19)20/h6-9,15-16H,10-11H2,1H3,(H,19,20)/t15?,16-/m0/s1. The van der Waals surface area contributed by atoms with E-state index in [9.17, 15) is 9.59 Å². The Morgan fingerprint density at radius 3 is 2.62 bits per heavy atom. The molecule has 4 heteroatoms. The zero-order chi connectivity index (χ0) is 15.2. The number of hydrogen-bond acceptors (Lipinski definition) is 3. The Balaban J connectivity index is 1.84. The summed E-state index contributed by atoms with van der Waals surface area (Å²) in [6.07, 6.45) is 0.940. The molecule has 1 unspecified atom stereocenters. The summed E-state index contributed by atoms with van der Waals surface area (Å²) in [7, 11) is 0. The molecule has 1 saturated carbocycles. The van der Waals surface area contributed by atoms with Gasteiger partial charge < -0.3 is 9.84 Å². The second kappa shape index (κ2) is 6.63. The second-order valence-electron chi connectivity index (χ2n) is 4.81. The maximum absolute atomic E-state index is 10.7. The highest BCUT2D eigenvalue weighted by Crippen LogP contribution is 2.37. The first-order valence-corrected chi connectivity index (χ1v) is 6.54. The zero-order valence-corrected chi connectivity index (χ0v) is 11.6. The van der Waals surface area contributed by atoms with Crippen LogP contribution in [0.3, 0.4) is 0 Å². The lowest BCUT2D eigenvalue weighted by Crippen LogP contribution is -2.02. The van der Waals surface area contributed by atoms with Crippen LogP contribution in [0.15, 0.2) is 24.3 Å². The van der Waals surface area contributed by atoms with Crippen LogP contribution in [0.5, 0.6) is 0 Å². The summed E-state index contributed by atoms with van der Waals surface area (Å²) >= 11 is 0. The fourth-order valence-corrected chi connectivity index (χ4v) is 1.76. The largest absolute Gasteiger partial charge is 0.478 e. The predicted octanol–water partition coefficient (Wildman–Crippen LogP) is 1.94. The molecule has 0 amide bonds. The van der Waals surface area contributed by atoms with Crippen LogP contribution in [0.1, 0.15) is 29.3 Å². The van der Waals surface area contributed by atoms with E-state index in [1.165, 1.54) is 19.1 Å². The fourth-order valence-electron chi connectivity index (χ4n) is 1.76. The van der Waals surface area contributed by atoms with Crippen molar-refractivity contribution in [2.75, 3.05) is 6.61 Å². The molecule has 0 heterocycles. The Labute approximate surface area is 123 Å². The lowest BCUT2D eigenvalue weighted by Gasteiger charge is -1.96. The van der Waals surface area contributed by atoms with Crippen molar-refractivity contribution >= 4 is 11.9 Å². The molecule has 4 nitrogen and oxygen atoms in total. The van der Waals surface area contributed by atoms with Crippen LogP contribution in [0.2, 0.25) is 0 Å². The van der Waals surface area contributed by atoms with Gasteiger partial charge in [0.25, 0.3) is 0 Å². The van der Waals surface area contributed by atoms with E-state index in [1.54, 1.807) is 12.1 Å². The number of carbonyl (C=O) groups excluding carboxylic acids is 1. The van der Waals surface area contributed by atoms with Crippen molar-refractivity contribution < 1.29 is 19.4 Å². The summed E-state index contributed by atoms with van der Waals surface area (Å²) in [5.41, 5.74) is 0.958. The fraction of sp³-hybridized carbons (Fsp3) is 0.294. The third-order valence-corrected chi connectivity index (χ3v) is 3.08. The van der Waals surface area contributed by atoms with Gasteiger partial charge in [-0.15, -0.1) is 0 Å². The minimum Gasteiger partial charge on any atom is -0.478 e. The first kappa shape index (κ1) is 14.7. The molecule has 0 aromatic heterocycles. The van der Waals surface area contributed by atoms with Crippen LogP contribution in [-0.2, 0) is 9.53 Å². The topological polar surface area (TPSA) is 63.6 Å². The van der Waals surface area contributed by atoms with Gasteiger partial charge in [0.05, 0.1) is 12.2 Å². The summed E-state index contributed by atoms with van der Waals surface area (Å²) < 4.78 is 4.91. The lowest BCUT2D eigenvalue weighted by atomic mass is 10.1. The molecule has 0 saturated heterocycles. The maximum atomic E-state index is 10.7. The molecule has 0 aliphatic heterocycles. The Morgan fingerprint density at radius 2 is 2.00 bits per heavy atom. The molecular formula is C17H14O4. The van der Waals surface area contributed by atoms with Gasteiger partial charge in [-0.3, -0.25) is 4.79 Å². The van der Waals surface area contributed by atoms with Gasteiger partial charge in [-0.05, 0) is 42.5 Å². The number of hydrogen-bond donors (Lipinski definition) is 1. The van der Waals surface area contributed by atoms with Crippen molar-refractivity contribution in [3.63, 3.8) is 0 Å². The third kappa shape index (κ3) is 4.71. The Morgan fingerprint density at radius 1 is 1.29 bits per heavy atom. The van der Waals surface area contributed by atoms with Gasteiger partial charge in [-0.2, -0.15) is 0 Å². The smallest absolute Gasteiger partial charge is 0.335 e.